The molecule has 0 amide bonds. The summed E-state index contributed by atoms with van der Waals surface area (Å²) in [6.07, 6.45) is 0.890. The van der Waals surface area contributed by atoms with Gasteiger partial charge in [-0.1, -0.05) is 20.8 Å². The number of hydrogen-bond donors (Lipinski definition) is 1. The average Bonchev–Trinajstić information content (AvgIpc) is 2.27. The Kier molecular flexibility index (Phi) is 5.69. The lowest BCUT2D eigenvalue weighted by Gasteiger charge is -2.41. The van der Waals surface area contributed by atoms with Gasteiger partial charge < -0.3 is 19.3 Å². The van der Waals surface area contributed by atoms with Crippen molar-refractivity contribution in [2.45, 2.75) is 45.5 Å². The summed E-state index contributed by atoms with van der Waals surface area (Å²) >= 11 is 0. The molecule has 4 atom stereocenters. The SMILES string of the molecule is COCO[C@@H]1C[C@H](CO)O[C@H](C(C)C)[C@H]1C. The number of aliphatic hydroxyl groups excluding tert-OH is 1. The van der Waals surface area contributed by atoms with Crippen LogP contribution in [0.4, 0.5) is 0 Å². The zero-order valence-corrected chi connectivity index (χ0v) is 10.7. The second kappa shape index (κ2) is 6.55. The lowest BCUT2D eigenvalue weighted by Crippen LogP contribution is -2.47. The number of hydrogen-bond acceptors (Lipinski definition) is 4. The third kappa shape index (κ3) is 3.42. The molecule has 0 aromatic rings. The fraction of sp³-hybridized carbons (Fsp3) is 1.00. The summed E-state index contributed by atoms with van der Waals surface area (Å²) in [5.41, 5.74) is 0. The maximum Gasteiger partial charge on any atom is 0.146 e. The lowest BCUT2D eigenvalue weighted by molar-refractivity contribution is -0.192. The molecule has 1 fully saturated rings. The van der Waals surface area contributed by atoms with Crippen LogP contribution in [0.3, 0.4) is 0 Å². The van der Waals surface area contributed by atoms with E-state index in [-0.39, 0.29) is 24.9 Å². The van der Waals surface area contributed by atoms with Crippen molar-refractivity contribution >= 4 is 0 Å². The zero-order chi connectivity index (χ0) is 12.1. The number of rotatable bonds is 5. The molecule has 1 saturated heterocycles. The van der Waals surface area contributed by atoms with Gasteiger partial charge in [0.2, 0.25) is 0 Å². The van der Waals surface area contributed by atoms with E-state index in [2.05, 4.69) is 20.8 Å². The Bertz CT molecular complexity index is 195. The molecular formula is C12H24O4. The average molecular weight is 232 g/mol. The second-order valence-corrected chi connectivity index (χ2v) is 4.86. The second-order valence-electron chi connectivity index (χ2n) is 4.86. The molecule has 4 heteroatoms. The van der Waals surface area contributed by atoms with Gasteiger partial charge in [0, 0.05) is 19.4 Å². The van der Waals surface area contributed by atoms with Gasteiger partial charge >= 0.3 is 0 Å². The molecule has 0 aliphatic carbocycles. The molecule has 0 radical (unpaired) electrons. The van der Waals surface area contributed by atoms with E-state index < -0.39 is 0 Å². The van der Waals surface area contributed by atoms with Gasteiger partial charge in [0.15, 0.2) is 0 Å². The molecule has 0 bridgehead atoms. The Morgan fingerprint density at radius 1 is 1.44 bits per heavy atom. The Hall–Kier alpha value is -0.160. The molecule has 16 heavy (non-hydrogen) atoms. The number of methoxy groups -OCH3 is 1. The van der Waals surface area contributed by atoms with E-state index in [1.54, 1.807) is 7.11 Å². The first-order valence-electron chi connectivity index (χ1n) is 5.97. The molecule has 1 N–H and O–H groups in total. The van der Waals surface area contributed by atoms with Crippen molar-refractivity contribution in [3.63, 3.8) is 0 Å². The van der Waals surface area contributed by atoms with Gasteiger partial charge in [0.1, 0.15) is 6.79 Å². The molecule has 1 rings (SSSR count). The highest BCUT2D eigenvalue weighted by Gasteiger charge is 2.37. The van der Waals surface area contributed by atoms with Crippen LogP contribution in [-0.4, -0.2) is 43.9 Å². The highest BCUT2D eigenvalue weighted by molar-refractivity contribution is 4.85. The fourth-order valence-electron chi connectivity index (χ4n) is 2.34. The van der Waals surface area contributed by atoms with Gasteiger partial charge in [-0.2, -0.15) is 0 Å². The first kappa shape index (κ1) is 13.9. The normalized spacial score (nSPS) is 35.6. The monoisotopic (exact) mass is 232 g/mol. The Morgan fingerprint density at radius 2 is 2.12 bits per heavy atom. The van der Waals surface area contributed by atoms with E-state index in [0.717, 1.165) is 6.42 Å². The van der Waals surface area contributed by atoms with Crippen LogP contribution in [-0.2, 0) is 14.2 Å². The van der Waals surface area contributed by atoms with Crippen LogP contribution in [0.25, 0.3) is 0 Å². The van der Waals surface area contributed by atoms with Crippen LogP contribution in [0.15, 0.2) is 0 Å². The summed E-state index contributed by atoms with van der Waals surface area (Å²) in [5.74, 6) is 0.760. The molecule has 96 valence electrons. The molecule has 0 saturated carbocycles. The van der Waals surface area contributed by atoms with Crippen LogP contribution in [0, 0.1) is 11.8 Å². The molecule has 0 aromatic carbocycles. The highest BCUT2D eigenvalue weighted by Crippen LogP contribution is 2.31. The number of ether oxygens (including phenoxy) is 3. The van der Waals surface area contributed by atoms with Crippen molar-refractivity contribution in [2.75, 3.05) is 20.5 Å². The third-order valence-electron chi connectivity index (χ3n) is 3.21. The molecule has 0 spiro atoms. The molecule has 1 heterocycles. The summed E-state index contributed by atoms with van der Waals surface area (Å²) in [6, 6.07) is 0. The van der Waals surface area contributed by atoms with Crippen LogP contribution >= 0.6 is 0 Å². The van der Waals surface area contributed by atoms with Gasteiger partial charge in [0.05, 0.1) is 24.9 Å². The lowest BCUT2D eigenvalue weighted by atomic mass is 9.85. The Balaban J connectivity index is 2.60. The third-order valence-corrected chi connectivity index (χ3v) is 3.21. The summed E-state index contributed by atoms with van der Waals surface area (Å²) in [7, 11) is 1.62. The largest absolute Gasteiger partial charge is 0.394 e. The van der Waals surface area contributed by atoms with Gasteiger partial charge in [-0.15, -0.1) is 0 Å². The topological polar surface area (TPSA) is 47.9 Å². The van der Waals surface area contributed by atoms with E-state index in [0.29, 0.717) is 18.6 Å². The minimum absolute atomic E-state index is 0.0583. The first-order valence-corrected chi connectivity index (χ1v) is 5.97. The quantitative estimate of drug-likeness (QED) is 0.728. The van der Waals surface area contributed by atoms with E-state index in [9.17, 15) is 5.11 Å². The molecule has 0 unspecified atom stereocenters. The van der Waals surface area contributed by atoms with Crippen LogP contribution in [0.2, 0.25) is 0 Å². The van der Waals surface area contributed by atoms with Gasteiger partial charge in [-0.3, -0.25) is 0 Å². The van der Waals surface area contributed by atoms with E-state index in [1.807, 2.05) is 0 Å². The smallest absolute Gasteiger partial charge is 0.146 e. The minimum Gasteiger partial charge on any atom is -0.394 e. The standard InChI is InChI=1S/C12H24O4/c1-8(2)12-9(3)11(15-7-14-4)5-10(6-13)16-12/h8-13H,5-7H2,1-4H3/t9-,10+,11+,12+/m0/s1. The summed E-state index contributed by atoms with van der Waals surface area (Å²) in [6.45, 7) is 6.77. The molecule has 1 aliphatic heterocycles. The van der Waals surface area contributed by atoms with Crippen LogP contribution in [0.1, 0.15) is 27.2 Å². The van der Waals surface area contributed by atoms with E-state index in [1.165, 1.54) is 0 Å². The zero-order valence-electron chi connectivity index (χ0n) is 10.7. The van der Waals surface area contributed by atoms with Crippen LogP contribution in [0.5, 0.6) is 0 Å². The Morgan fingerprint density at radius 3 is 2.62 bits per heavy atom. The van der Waals surface area contributed by atoms with Gasteiger partial charge in [-0.25, -0.2) is 0 Å². The first-order chi connectivity index (χ1) is 7.60. The van der Waals surface area contributed by atoms with Crippen molar-refractivity contribution in [3.8, 4) is 0 Å². The molecule has 0 aromatic heterocycles. The minimum atomic E-state index is -0.106. The van der Waals surface area contributed by atoms with Crippen molar-refractivity contribution in [2.24, 2.45) is 11.8 Å². The van der Waals surface area contributed by atoms with E-state index >= 15 is 0 Å². The summed E-state index contributed by atoms with van der Waals surface area (Å²) in [5, 5.41) is 9.21. The van der Waals surface area contributed by atoms with Crippen molar-refractivity contribution in [1.82, 2.24) is 0 Å². The molecule has 4 nitrogen and oxygen atoms in total. The summed E-state index contributed by atoms with van der Waals surface area (Å²) in [4.78, 5) is 0. The maximum absolute atomic E-state index is 9.21. The fourth-order valence-corrected chi connectivity index (χ4v) is 2.34. The highest BCUT2D eigenvalue weighted by atomic mass is 16.7. The van der Waals surface area contributed by atoms with Crippen molar-refractivity contribution in [3.05, 3.63) is 0 Å². The summed E-state index contributed by atoms with van der Waals surface area (Å²) < 4.78 is 16.4. The van der Waals surface area contributed by atoms with Gasteiger partial charge in [-0.05, 0) is 5.92 Å². The molecular weight excluding hydrogens is 208 g/mol. The van der Waals surface area contributed by atoms with Crippen molar-refractivity contribution in [1.29, 1.82) is 0 Å². The predicted molar refractivity (Wildman–Crippen MR) is 61.1 cm³/mol. The predicted octanol–water partition coefficient (Wildman–Crippen LogP) is 1.42. The maximum atomic E-state index is 9.21. The van der Waals surface area contributed by atoms with Crippen LogP contribution < -0.4 is 0 Å². The van der Waals surface area contributed by atoms with Gasteiger partial charge in [0.25, 0.3) is 0 Å². The van der Waals surface area contributed by atoms with Crippen molar-refractivity contribution < 1.29 is 19.3 Å². The number of aliphatic hydroxyl groups is 1. The Labute approximate surface area is 97.9 Å². The van der Waals surface area contributed by atoms with E-state index in [4.69, 9.17) is 14.2 Å². The molecule has 1 aliphatic rings.